The van der Waals surface area contributed by atoms with Gasteiger partial charge in [0.15, 0.2) is 5.69 Å². The molecule has 0 aliphatic heterocycles. The molecule has 0 atom stereocenters. The summed E-state index contributed by atoms with van der Waals surface area (Å²) in [7, 11) is 1.44. The minimum atomic E-state index is -4.48. The maximum Gasteiger partial charge on any atom is 0.435 e. The van der Waals surface area contributed by atoms with E-state index in [9.17, 15) is 13.2 Å². The Morgan fingerprint density at radius 2 is 2.25 bits per heavy atom. The maximum absolute atomic E-state index is 12.4. The van der Waals surface area contributed by atoms with E-state index in [1.54, 1.807) is 6.07 Å². The third kappa shape index (κ3) is 2.97. The van der Waals surface area contributed by atoms with E-state index in [-0.39, 0.29) is 25.3 Å². The highest BCUT2D eigenvalue weighted by Gasteiger charge is 2.34. The van der Waals surface area contributed by atoms with Gasteiger partial charge in [-0.3, -0.25) is 4.68 Å². The van der Waals surface area contributed by atoms with Crippen LogP contribution in [-0.4, -0.2) is 23.5 Å². The molecular formula is C9H10F3N3O. The molecule has 16 heavy (non-hydrogen) atoms. The van der Waals surface area contributed by atoms with Gasteiger partial charge in [0.05, 0.1) is 31.3 Å². The van der Waals surface area contributed by atoms with Crippen LogP contribution >= 0.6 is 0 Å². The summed E-state index contributed by atoms with van der Waals surface area (Å²) in [5, 5.41) is 11.9. The quantitative estimate of drug-likeness (QED) is 0.793. The SMILES string of the molecule is COCCn1nc(C(F)(F)F)cc1CC#N. The smallest absolute Gasteiger partial charge is 0.383 e. The summed E-state index contributed by atoms with van der Waals surface area (Å²) in [5.41, 5.74) is -0.735. The number of hydrogen-bond acceptors (Lipinski definition) is 3. The lowest BCUT2D eigenvalue weighted by molar-refractivity contribution is -0.141. The van der Waals surface area contributed by atoms with Crippen molar-refractivity contribution in [2.24, 2.45) is 0 Å². The third-order valence-electron chi connectivity index (χ3n) is 1.92. The fraction of sp³-hybridized carbons (Fsp3) is 0.556. The van der Waals surface area contributed by atoms with Gasteiger partial charge in [-0.05, 0) is 6.07 Å². The first kappa shape index (κ1) is 12.5. The number of alkyl halides is 3. The predicted molar refractivity (Wildman–Crippen MR) is 48.4 cm³/mol. The van der Waals surface area contributed by atoms with Gasteiger partial charge in [-0.1, -0.05) is 0 Å². The van der Waals surface area contributed by atoms with Gasteiger partial charge < -0.3 is 4.74 Å². The van der Waals surface area contributed by atoms with Gasteiger partial charge in [-0.2, -0.15) is 23.5 Å². The number of hydrogen-bond donors (Lipinski definition) is 0. The summed E-state index contributed by atoms with van der Waals surface area (Å²) in [6.07, 6.45) is -4.59. The first-order chi connectivity index (χ1) is 7.49. The van der Waals surface area contributed by atoms with E-state index in [4.69, 9.17) is 10.00 Å². The first-order valence-corrected chi connectivity index (χ1v) is 4.49. The molecule has 0 saturated carbocycles. The number of aromatic nitrogens is 2. The van der Waals surface area contributed by atoms with E-state index in [1.165, 1.54) is 7.11 Å². The molecule has 0 N–H and O–H groups in total. The molecule has 0 aliphatic carbocycles. The highest BCUT2D eigenvalue weighted by Crippen LogP contribution is 2.28. The molecule has 1 heterocycles. The molecular weight excluding hydrogens is 223 g/mol. The Balaban J connectivity index is 2.96. The third-order valence-corrected chi connectivity index (χ3v) is 1.92. The van der Waals surface area contributed by atoms with Gasteiger partial charge in [0.25, 0.3) is 0 Å². The molecule has 0 radical (unpaired) electrons. The second-order valence-corrected chi connectivity index (χ2v) is 3.07. The van der Waals surface area contributed by atoms with E-state index in [1.807, 2.05) is 0 Å². The zero-order valence-electron chi connectivity index (χ0n) is 8.58. The van der Waals surface area contributed by atoms with E-state index < -0.39 is 11.9 Å². The minimum absolute atomic E-state index is 0.104. The van der Waals surface area contributed by atoms with Crippen LogP contribution in [0.2, 0.25) is 0 Å². The van der Waals surface area contributed by atoms with Crippen molar-refractivity contribution in [3.63, 3.8) is 0 Å². The molecule has 1 aromatic heterocycles. The maximum atomic E-state index is 12.4. The van der Waals surface area contributed by atoms with Crippen LogP contribution in [0.3, 0.4) is 0 Å². The van der Waals surface area contributed by atoms with Crippen LogP contribution in [0.5, 0.6) is 0 Å². The molecule has 0 spiro atoms. The number of ether oxygens (including phenoxy) is 1. The summed E-state index contributed by atoms with van der Waals surface area (Å²) in [5.74, 6) is 0. The van der Waals surface area contributed by atoms with E-state index in [2.05, 4.69) is 5.10 Å². The Hall–Kier alpha value is -1.55. The molecule has 0 aromatic carbocycles. The summed E-state index contributed by atoms with van der Waals surface area (Å²) in [4.78, 5) is 0. The topological polar surface area (TPSA) is 50.8 Å². The summed E-state index contributed by atoms with van der Waals surface area (Å²) in [6.45, 7) is 0.445. The Labute approximate surface area is 90.2 Å². The lowest BCUT2D eigenvalue weighted by Crippen LogP contribution is -2.11. The van der Waals surface area contributed by atoms with Crippen molar-refractivity contribution in [2.75, 3.05) is 13.7 Å². The molecule has 0 saturated heterocycles. The Bertz CT molecular complexity index is 392. The van der Waals surface area contributed by atoms with Crippen LogP contribution < -0.4 is 0 Å². The second-order valence-electron chi connectivity index (χ2n) is 3.07. The molecule has 88 valence electrons. The standard InChI is InChI=1S/C9H10F3N3O/c1-16-5-4-15-7(2-3-13)6-8(14-15)9(10,11)12/h6H,2,4-5H2,1H3. The summed E-state index contributed by atoms with van der Waals surface area (Å²) < 4.78 is 43.0. The van der Waals surface area contributed by atoms with Gasteiger partial charge in [0.2, 0.25) is 0 Å². The van der Waals surface area contributed by atoms with Crippen molar-refractivity contribution in [1.82, 2.24) is 9.78 Å². The molecule has 0 amide bonds. The van der Waals surface area contributed by atoms with E-state index in [0.29, 0.717) is 0 Å². The highest BCUT2D eigenvalue weighted by molar-refractivity contribution is 5.16. The molecule has 0 bridgehead atoms. The van der Waals surface area contributed by atoms with Crippen LogP contribution in [-0.2, 0) is 23.9 Å². The molecule has 4 nitrogen and oxygen atoms in total. The van der Waals surface area contributed by atoms with Gasteiger partial charge in [0, 0.05) is 7.11 Å². The molecule has 0 fully saturated rings. The van der Waals surface area contributed by atoms with E-state index >= 15 is 0 Å². The van der Waals surface area contributed by atoms with Crippen molar-refractivity contribution in [2.45, 2.75) is 19.1 Å². The normalized spacial score (nSPS) is 11.4. The molecule has 0 aliphatic rings. The Morgan fingerprint density at radius 3 is 2.75 bits per heavy atom. The predicted octanol–water partition coefficient (Wildman–Crippen LogP) is 1.61. The van der Waals surface area contributed by atoms with Crippen molar-refractivity contribution < 1.29 is 17.9 Å². The second kappa shape index (κ2) is 4.99. The van der Waals surface area contributed by atoms with Gasteiger partial charge in [0.1, 0.15) is 0 Å². The lowest BCUT2D eigenvalue weighted by Gasteiger charge is -2.03. The molecule has 1 rings (SSSR count). The number of nitrogens with zero attached hydrogens (tertiary/aromatic N) is 3. The highest BCUT2D eigenvalue weighted by atomic mass is 19.4. The van der Waals surface area contributed by atoms with Crippen molar-refractivity contribution >= 4 is 0 Å². The average Bonchev–Trinajstić information content (AvgIpc) is 2.58. The number of halogens is 3. The summed E-state index contributed by atoms with van der Waals surface area (Å²) >= 11 is 0. The summed E-state index contributed by atoms with van der Waals surface area (Å²) in [6, 6.07) is 2.68. The van der Waals surface area contributed by atoms with Crippen molar-refractivity contribution in [3.8, 4) is 6.07 Å². The number of rotatable bonds is 4. The van der Waals surface area contributed by atoms with Crippen LogP contribution in [0.1, 0.15) is 11.4 Å². The number of nitriles is 1. The first-order valence-electron chi connectivity index (χ1n) is 4.49. The van der Waals surface area contributed by atoms with Crippen LogP contribution in [0.15, 0.2) is 6.07 Å². The van der Waals surface area contributed by atoms with Crippen LogP contribution in [0, 0.1) is 11.3 Å². The molecule has 7 heteroatoms. The van der Waals surface area contributed by atoms with Crippen LogP contribution in [0.25, 0.3) is 0 Å². The Kier molecular flexibility index (Phi) is 3.90. The number of methoxy groups -OCH3 is 1. The largest absolute Gasteiger partial charge is 0.435 e. The monoisotopic (exact) mass is 233 g/mol. The van der Waals surface area contributed by atoms with Crippen molar-refractivity contribution in [1.29, 1.82) is 5.26 Å². The van der Waals surface area contributed by atoms with E-state index in [0.717, 1.165) is 10.7 Å². The van der Waals surface area contributed by atoms with Crippen molar-refractivity contribution in [3.05, 3.63) is 17.5 Å². The van der Waals surface area contributed by atoms with Crippen LogP contribution in [0.4, 0.5) is 13.2 Å². The fourth-order valence-corrected chi connectivity index (χ4v) is 1.19. The lowest BCUT2D eigenvalue weighted by atomic mass is 10.3. The van der Waals surface area contributed by atoms with Gasteiger partial charge in [-0.25, -0.2) is 0 Å². The zero-order valence-corrected chi connectivity index (χ0v) is 8.58. The molecule has 0 unspecified atom stereocenters. The average molecular weight is 233 g/mol. The van der Waals surface area contributed by atoms with Gasteiger partial charge in [-0.15, -0.1) is 0 Å². The fourth-order valence-electron chi connectivity index (χ4n) is 1.19. The van der Waals surface area contributed by atoms with Gasteiger partial charge >= 0.3 is 6.18 Å². The zero-order chi connectivity index (χ0) is 12.2. The Morgan fingerprint density at radius 1 is 1.56 bits per heavy atom. The molecule has 1 aromatic rings. The minimum Gasteiger partial charge on any atom is -0.383 e.